The lowest BCUT2D eigenvalue weighted by molar-refractivity contribution is 0.0699. The third-order valence-corrected chi connectivity index (χ3v) is 5.04. The molecule has 0 bridgehead atoms. The largest absolute Gasteiger partial charge is 0.478 e. The summed E-state index contributed by atoms with van der Waals surface area (Å²) in [6.45, 7) is 2.18. The number of carboxylic acid groups (broad SMARTS) is 1. The lowest BCUT2D eigenvalue weighted by Gasteiger charge is -2.06. The maximum Gasteiger partial charge on any atom is 0.336 e. The lowest BCUT2D eigenvalue weighted by Crippen LogP contribution is -2.15. The number of aromatic carboxylic acids is 1. The van der Waals surface area contributed by atoms with Crippen LogP contribution < -0.4 is 0 Å². The summed E-state index contributed by atoms with van der Waals surface area (Å²) in [5.74, 6) is -0.721. The first-order valence-corrected chi connectivity index (χ1v) is 8.28. The Balaban J connectivity index is 2.29. The number of sulfone groups is 1. The summed E-state index contributed by atoms with van der Waals surface area (Å²) in [4.78, 5) is 11.1. The molecule has 6 heteroatoms. The van der Waals surface area contributed by atoms with Gasteiger partial charge >= 0.3 is 5.97 Å². The van der Waals surface area contributed by atoms with E-state index in [-0.39, 0.29) is 17.1 Å². The van der Waals surface area contributed by atoms with Gasteiger partial charge in [0.15, 0.2) is 9.84 Å². The Bertz CT molecular complexity index is 731. The van der Waals surface area contributed by atoms with E-state index in [9.17, 15) is 13.2 Å². The van der Waals surface area contributed by atoms with E-state index in [0.29, 0.717) is 18.4 Å². The van der Waals surface area contributed by atoms with E-state index in [1.165, 1.54) is 0 Å². The van der Waals surface area contributed by atoms with Crippen LogP contribution in [0.3, 0.4) is 0 Å². The van der Waals surface area contributed by atoms with Gasteiger partial charge in [-0.05, 0) is 24.6 Å². The molecule has 5 nitrogen and oxygen atoms in total. The van der Waals surface area contributed by atoms with Gasteiger partial charge in [-0.3, -0.25) is 0 Å². The van der Waals surface area contributed by atoms with E-state index in [4.69, 9.17) is 5.11 Å². The van der Waals surface area contributed by atoms with E-state index in [1.54, 1.807) is 35.0 Å². The van der Waals surface area contributed by atoms with Gasteiger partial charge in [-0.25, -0.2) is 13.2 Å². The topological polar surface area (TPSA) is 76.4 Å². The van der Waals surface area contributed by atoms with Crippen molar-refractivity contribution in [3.05, 3.63) is 36.0 Å². The standard InChI is InChI=1S/C14H17NO4S/c1-2-9-20(18,19)10-8-15-7-6-11-12(14(16)17)4-3-5-13(11)15/h3-7H,2,8-10H2,1H3,(H,16,17). The molecule has 2 rings (SSSR count). The van der Waals surface area contributed by atoms with E-state index < -0.39 is 15.8 Å². The number of nitrogens with zero attached hydrogens (tertiary/aromatic N) is 1. The van der Waals surface area contributed by atoms with Crippen molar-refractivity contribution in [1.82, 2.24) is 4.57 Å². The summed E-state index contributed by atoms with van der Waals surface area (Å²) < 4.78 is 25.2. The highest BCUT2D eigenvalue weighted by molar-refractivity contribution is 7.91. The van der Waals surface area contributed by atoms with Crippen molar-refractivity contribution in [2.45, 2.75) is 19.9 Å². The number of rotatable bonds is 6. The molecule has 108 valence electrons. The van der Waals surface area contributed by atoms with Gasteiger partial charge in [-0.15, -0.1) is 0 Å². The molecule has 1 aromatic heterocycles. The first kappa shape index (κ1) is 14.6. The Morgan fingerprint density at radius 3 is 2.65 bits per heavy atom. The van der Waals surface area contributed by atoms with Crippen LogP contribution >= 0.6 is 0 Å². The summed E-state index contributed by atoms with van der Waals surface area (Å²) in [7, 11) is -3.04. The predicted octanol–water partition coefficient (Wildman–Crippen LogP) is 2.16. The molecule has 0 amide bonds. The summed E-state index contributed by atoms with van der Waals surface area (Å²) >= 11 is 0. The molecule has 0 radical (unpaired) electrons. The molecule has 0 aliphatic heterocycles. The first-order valence-electron chi connectivity index (χ1n) is 6.46. The van der Waals surface area contributed by atoms with E-state index in [0.717, 1.165) is 5.52 Å². The smallest absolute Gasteiger partial charge is 0.336 e. The second-order valence-corrected chi connectivity index (χ2v) is 7.01. The Kier molecular flexibility index (Phi) is 4.13. The molecule has 0 aliphatic carbocycles. The van der Waals surface area contributed by atoms with Gasteiger partial charge in [-0.1, -0.05) is 13.0 Å². The van der Waals surface area contributed by atoms with Crippen LogP contribution in [0.25, 0.3) is 10.9 Å². The maximum atomic E-state index is 11.7. The molecule has 2 aromatic rings. The van der Waals surface area contributed by atoms with Crippen molar-refractivity contribution in [1.29, 1.82) is 0 Å². The minimum Gasteiger partial charge on any atom is -0.478 e. The van der Waals surface area contributed by atoms with Crippen LogP contribution in [0.4, 0.5) is 0 Å². The molecule has 0 unspecified atom stereocenters. The molecule has 1 N–H and O–H groups in total. The summed E-state index contributed by atoms with van der Waals surface area (Å²) in [6, 6.07) is 6.73. The van der Waals surface area contributed by atoms with E-state index in [1.807, 2.05) is 6.92 Å². The fourth-order valence-corrected chi connectivity index (χ4v) is 3.56. The average molecular weight is 295 g/mol. The average Bonchev–Trinajstić information content (AvgIpc) is 2.79. The van der Waals surface area contributed by atoms with Crippen LogP contribution in [0, 0.1) is 0 Å². The van der Waals surface area contributed by atoms with Crippen LogP contribution in [0.5, 0.6) is 0 Å². The van der Waals surface area contributed by atoms with Gasteiger partial charge < -0.3 is 9.67 Å². The van der Waals surface area contributed by atoms with Crippen LogP contribution in [-0.2, 0) is 16.4 Å². The number of aryl methyl sites for hydroxylation is 1. The van der Waals surface area contributed by atoms with Gasteiger partial charge in [0.25, 0.3) is 0 Å². The van der Waals surface area contributed by atoms with Crippen LogP contribution in [0.1, 0.15) is 23.7 Å². The second kappa shape index (κ2) is 5.66. The van der Waals surface area contributed by atoms with Crippen molar-refractivity contribution in [3.63, 3.8) is 0 Å². The lowest BCUT2D eigenvalue weighted by atomic mass is 10.1. The third-order valence-electron chi connectivity index (χ3n) is 3.20. The maximum absolute atomic E-state index is 11.7. The fourth-order valence-electron chi connectivity index (χ4n) is 2.26. The quantitative estimate of drug-likeness (QED) is 0.886. The second-order valence-electron chi connectivity index (χ2n) is 4.70. The Morgan fingerprint density at radius 1 is 1.25 bits per heavy atom. The van der Waals surface area contributed by atoms with Gasteiger partial charge in [0, 0.05) is 29.4 Å². The van der Waals surface area contributed by atoms with Gasteiger partial charge in [-0.2, -0.15) is 0 Å². The number of aromatic nitrogens is 1. The Hall–Kier alpha value is -1.82. The van der Waals surface area contributed by atoms with Crippen molar-refractivity contribution in [2.75, 3.05) is 11.5 Å². The van der Waals surface area contributed by atoms with E-state index in [2.05, 4.69) is 0 Å². The van der Waals surface area contributed by atoms with Crippen molar-refractivity contribution >= 4 is 26.7 Å². The molecule has 0 atom stereocenters. The predicted molar refractivity (Wildman–Crippen MR) is 77.8 cm³/mol. The SMILES string of the molecule is CCCS(=O)(=O)CCn1ccc2c(C(=O)O)cccc21. The van der Waals surface area contributed by atoms with Gasteiger partial charge in [0.05, 0.1) is 11.3 Å². The number of benzene rings is 1. The van der Waals surface area contributed by atoms with Crippen LogP contribution in [0.15, 0.2) is 30.5 Å². The summed E-state index contributed by atoms with van der Waals surface area (Å²) in [5.41, 5.74) is 0.981. The zero-order valence-electron chi connectivity index (χ0n) is 11.2. The Morgan fingerprint density at radius 2 is 2.00 bits per heavy atom. The number of hydrogen-bond donors (Lipinski definition) is 1. The third kappa shape index (κ3) is 3.01. The number of hydrogen-bond acceptors (Lipinski definition) is 3. The monoisotopic (exact) mass is 295 g/mol. The van der Waals surface area contributed by atoms with Gasteiger partial charge in [0.1, 0.15) is 0 Å². The minimum absolute atomic E-state index is 0.0713. The van der Waals surface area contributed by atoms with Gasteiger partial charge in [0.2, 0.25) is 0 Å². The molecule has 0 saturated carbocycles. The molecule has 1 aromatic carbocycles. The number of carbonyl (C=O) groups is 1. The molecule has 0 spiro atoms. The van der Waals surface area contributed by atoms with Crippen LogP contribution in [-0.4, -0.2) is 35.6 Å². The Labute approximate surface area is 117 Å². The van der Waals surface area contributed by atoms with Crippen molar-refractivity contribution in [2.24, 2.45) is 0 Å². The summed E-state index contributed by atoms with van der Waals surface area (Å²) in [6.07, 6.45) is 2.34. The molecule has 1 heterocycles. The minimum atomic E-state index is -3.04. The first-order chi connectivity index (χ1) is 9.44. The highest BCUT2D eigenvalue weighted by Crippen LogP contribution is 2.20. The molecule has 0 fully saturated rings. The fraction of sp³-hybridized carbons (Fsp3) is 0.357. The zero-order chi connectivity index (χ0) is 14.8. The van der Waals surface area contributed by atoms with Crippen molar-refractivity contribution in [3.8, 4) is 0 Å². The highest BCUT2D eigenvalue weighted by Gasteiger charge is 2.13. The molecule has 0 saturated heterocycles. The number of carboxylic acids is 1. The molecular formula is C14H17NO4S. The normalized spacial score (nSPS) is 11.8. The summed E-state index contributed by atoms with van der Waals surface area (Å²) in [5, 5.41) is 9.75. The highest BCUT2D eigenvalue weighted by atomic mass is 32.2. The molecule has 0 aliphatic rings. The molecule has 20 heavy (non-hydrogen) atoms. The number of fused-ring (bicyclic) bond motifs is 1. The van der Waals surface area contributed by atoms with E-state index >= 15 is 0 Å². The zero-order valence-corrected chi connectivity index (χ0v) is 12.1. The van der Waals surface area contributed by atoms with Crippen molar-refractivity contribution < 1.29 is 18.3 Å². The van der Waals surface area contributed by atoms with Crippen LogP contribution in [0.2, 0.25) is 0 Å². The molecular weight excluding hydrogens is 278 g/mol.